The summed E-state index contributed by atoms with van der Waals surface area (Å²) in [7, 11) is 1.56. The number of hydrogen-bond donors (Lipinski definition) is 0. The van der Waals surface area contributed by atoms with E-state index < -0.39 is 0 Å². The molecular formula is C15H13N5O2. The van der Waals surface area contributed by atoms with Gasteiger partial charge in [-0.15, -0.1) is 0 Å². The molecule has 2 aromatic rings. The van der Waals surface area contributed by atoms with E-state index in [1.54, 1.807) is 19.4 Å². The quantitative estimate of drug-likeness (QED) is 0.800. The first-order valence-electron chi connectivity index (χ1n) is 7.10. The first-order chi connectivity index (χ1) is 10.8. The van der Waals surface area contributed by atoms with Crippen molar-refractivity contribution >= 4 is 12.0 Å². The van der Waals surface area contributed by atoms with Crippen LogP contribution in [-0.4, -0.2) is 33.0 Å². The van der Waals surface area contributed by atoms with Gasteiger partial charge in [0.15, 0.2) is 11.3 Å². The standard InChI is InChI=1S/C15H13N5O2/c1-22-15-11(12(8-2-3-8)17-7-18-15)14-16-6-9-4-5-10(21)19-13(9)20-14/h4,6-8H,2-3,5H2,1H3. The summed E-state index contributed by atoms with van der Waals surface area (Å²) in [4.78, 5) is 32.8. The lowest BCUT2D eigenvalue weighted by Gasteiger charge is -2.10. The maximum Gasteiger partial charge on any atom is 0.251 e. The minimum atomic E-state index is -0.198. The molecule has 0 bridgehead atoms. The van der Waals surface area contributed by atoms with Gasteiger partial charge in [0.25, 0.3) is 5.91 Å². The molecule has 0 atom stereocenters. The molecule has 0 radical (unpaired) electrons. The van der Waals surface area contributed by atoms with Crippen molar-refractivity contribution in [2.45, 2.75) is 25.2 Å². The van der Waals surface area contributed by atoms with Gasteiger partial charge in [0, 0.05) is 23.8 Å². The normalized spacial score (nSPS) is 16.5. The number of aromatic nitrogens is 4. The average molecular weight is 295 g/mol. The third-order valence-electron chi connectivity index (χ3n) is 3.75. The molecule has 0 spiro atoms. The topological polar surface area (TPSA) is 90.2 Å². The van der Waals surface area contributed by atoms with Crippen molar-refractivity contribution < 1.29 is 9.53 Å². The maximum atomic E-state index is 11.5. The molecule has 3 heterocycles. The summed E-state index contributed by atoms with van der Waals surface area (Å²) in [5.74, 6) is 1.10. The van der Waals surface area contributed by atoms with Crippen molar-refractivity contribution in [2.75, 3.05) is 7.11 Å². The Balaban J connectivity index is 1.95. The van der Waals surface area contributed by atoms with Gasteiger partial charge in [-0.3, -0.25) is 4.79 Å². The highest BCUT2D eigenvalue weighted by molar-refractivity contribution is 5.82. The van der Waals surface area contributed by atoms with E-state index in [0.29, 0.717) is 35.1 Å². The second kappa shape index (κ2) is 4.94. The number of fused-ring (bicyclic) bond motifs is 1. The van der Waals surface area contributed by atoms with E-state index in [2.05, 4.69) is 24.9 Å². The first-order valence-corrected chi connectivity index (χ1v) is 7.10. The SMILES string of the molecule is COc1ncnc(C2CC2)c1-c1ncc2c(n1)=NC(=O)CC=2. The Hall–Kier alpha value is -2.70. The molecule has 0 unspecified atom stereocenters. The zero-order valence-corrected chi connectivity index (χ0v) is 12.0. The molecule has 7 heteroatoms. The summed E-state index contributed by atoms with van der Waals surface area (Å²) in [5.41, 5.74) is 2.00. The molecular weight excluding hydrogens is 282 g/mol. The number of carbonyl (C=O) groups is 1. The Morgan fingerprint density at radius 2 is 2.09 bits per heavy atom. The Labute approximate surface area is 125 Å². The Kier molecular flexibility index (Phi) is 2.92. The summed E-state index contributed by atoms with van der Waals surface area (Å²) < 4.78 is 5.35. The van der Waals surface area contributed by atoms with Crippen molar-refractivity contribution in [3.63, 3.8) is 0 Å². The van der Waals surface area contributed by atoms with Crippen molar-refractivity contribution in [1.82, 2.24) is 19.9 Å². The van der Waals surface area contributed by atoms with Crippen molar-refractivity contribution in [3.05, 3.63) is 28.9 Å². The number of carbonyl (C=O) groups excluding carboxylic acids is 1. The highest BCUT2D eigenvalue weighted by Crippen LogP contribution is 2.44. The number of ether oxygens (including phenoxy) is 1. The lowest BCUT2D eigenvalue weighted by Crippen LogP contribution is -2.34. The molecule has 22 heavy (non-hydrogen) atoms. The van der Waals surface area contributed by atoms with Crippen LogP contribution in [0.4, 0.5) is 0 Å². The first kappa shape index (κ1) is 13.0. The van der Waals surface area contributed by atoms with Gasteiger partial charge in [-0.2, -0.15) is 4.99 Å². The lowest BCUT2D eigenvalue weighted by atomic mass is 10.1. The zero-order valence-electron chi connectivity index (χ0n) is 12.0. The summed E-state index contributed by atoms with van der Waals surface area (Å²) in [6.07, 6.45) is 7.44. The van der Waals surface area contributed by atoms with Crippen LogP contribution >= 0.6 is 0 Å². The lowest BCUT2D eigenvalue weighted by molar-refractivity contribution is -0.117. The van der Waals surface area contributed by atoms with E-state index in [9.17, 15) is 4.79 Å². The number of hydrogen-bond acceptors (Lipinski definition) is 6. The van der Waals surface area contributed by atoms with Crippen molar-refractivity contribution in [2.24, 2.45) is 4.99 Å². The van der Waals surface area contributed by atoms with Gasteiger partial charge >= 0.3 is 0 Å². The van der Waals surface area contributed by atoms with Gasteiger partial charge < -0.3 is 4.74 Å². The zero-order chi connectivity index (χ0) is 15.1. The Morgan fingerprint density at radius 3 is 2.86 bits per heavy atom. The van der Waals surface area contributed by atoms with Gasteiger partial charge in [0.2, 0.25) is 5.88 Å². The molecule has 1 amide bonds. The van der Waals surface area contributed by atoms with Crippen LogP contribution in [0.3, 0.4) is 0 Å². The fourth-order valence-electron chi connectivity index (χ4n) is 2.51. The van der Waals surface area contributed by atoms with Crippen LogP contribution < -0.4 is 15.4 Å². The third kappa shape index (κ3) is 2.14. The van der Waals surface area contributed by atoms with Crippen LogP contribution in [0.15, 0.2) is 17.5 Å². The molecule has 1 aliphatic heterocycles. The second-order valence-corrected chi connectivity index (χ2v) is 5.30. The molecule has 1 fully saturated rings. The van der Waals surface area contributed by atoms with Crippen LogP contribution in [0, 0.1) is 0 Å². The Morgan fingerprint density at radius 1 is 1.23 bits per heavy atom. The molecule has 0 aromatic carbocycles. The van der Waals surface area contributed by atoms with Crippen LogP contribution in [0.1, 0.15) is 30.9 Å². The van der Waals surface area contributed by atoms with E-state index >= 15 is 0 Å². The van der Waals surface area contributed by atoms with Crippen LogP contribution in [0.2, 0.25) is 0 Å². The summed E-state index contributed by atoms with van der Waals surface area (Å²) >= 11 is 0. The summed E-state index contributed by atoms with van der Waals surface area (Å²) in [6, 6.07) is 0. The number of rotatable bonds is 3. The highest BCUT2D eigenvalue weighted by Gasteiger charge is 2.31. The van der Waals surface area contributed by atoms with Gasteiger partial charge in [-0.05, 0) is 12.8 Å². The molecule has 110 valence electrons. The third-order valence-corrected chi connectivity index (χ3v) is 3.75. The number of methoxy groups -OCH3 is 1. The number of nitrogens with zero attached hydrogens (tertiary/aromatic N) is 5. The monoisotopic (exact) mass is 295 g/mol. The molecule has 4 rings (SSSR count). The van der Waals surface area contributed by atoms with Gasteiger partial charge in [-0.1, -0.05) is 6.08 Å². The van der Waals surface area contributed by atoms with E-state index in [0.717, 1.165) is 23.8 Å². The smallest absolute Gasteiger partial charge is 0.251 e. The van der Waals surface area contributed by atoms with E-state index in [1.165, 1.54) is 6.33 Å². The van der Waals surface area contributed by atoms with E-state index in [1.807, 2.05) is 0 Å². The molecule has 0 saturated heterocycles. The minimum Gasteiger partial charge on any atom is -0.480 e. The molecule has 7 nitrogen and oxygen atoms in total. The summed E-state index contributed by atoms with van der Waals surface area (Å²) in [6.45, 7) is 0. The van der Waals surface area contributed by atoms with Gasteiger partial charge in [-0.25, -0.2) is 19.9 Å². The Bertz CT molecular complexity index is 889. The van der Waals surface area contributed by atoms with Gasteiger partial charge in [0.1, 0.15) is 11.9 Å². The fourth-order valence-corrected chi connectivity index (χ4v) is 2.51. The highest BCUT2D eigenvalue weighted by atomic mass is 16.5. The molecule has 1 saturated carbocycles. The van der Waals surface area contributed by atoms with Crippen molar-refractivity contribution in [1.29, 1.82) is 0 Å². The second-order valence-electron chi connectivity index (χ2n) is 5.30. The van der Waals surface area contributed by atoms with E-state index in [4.69, 9.17) is 4.74 Å². The molecule has 0 N–H and O–H groups in total. The summed E-state index contributed by atoms with van der Waals surface area (Å²) in [5, 5.41) is 0.770. The minimum absolute atomic E-state index is 0.198. The number of amides is 1. The van der Waals surface area contributed by atoms with Gasteiger partial charge in [0.05, 0.1) is 12.8 Å². The van der Waals surface area contributed by atoms with Crippen LogP contribution in [0.5, 0.6) is 5.88 Å². The molecule has 1 aliphatic carbocycles. The average Bonchev–Trinajstić information content (AvgIpc) is 3.38. The molecule has 2 aliphatic rings. The predicted octanol–water partition coefficient (Wildman–Crippen LogP) is 0.150. The molecule has 2 aromatic heterocycles. The predicted molar refractivity (Wildman–Crippen MR) is 76.5 cm³/mol. The van der Waals surface area contributed by atoms with E-state index in [-0.39, 0.29) is 5.91 Å². The van der Waals surface area contributed by atoms with Crippen molar-refractivity contribution in [3.8, 4) is 17.3 Å². The van der Waals surface area contributed by atoms with Crippen LogP contribution in [-0.2, 0) is 4.79 Å². The fraction of sp³-hybridized carbons (Fsp3) is 0.333. The maximum absolute atomic E-state index is 11.5. The van der Waals surface area contributed by atoms with Crippen LogP contribution in [0.25, 0.3) is 17.5 Å². The largest absolute Gasteiger partial charge is 0.480 e.